The lowest BCUT2D eigenvalue weighted by Crippen LogP contribution is -2.74. The van der Waals surface area contributed by atoms with Crippen molar-refractivity contribution in [2.45, 2.75) is 69.7 Å². The van der Waals surface area contributed by atoms with Gasteiger partial charge in [0.05, 0.1) is 43.4 Å². The molecule has 0 radical (unpaired) electrons. The lowest BCUT2D eigenvalue weighted by molar-refractivity contribution is -0.340. The van der Waals surface area contributed by atoms with E-state index < -0.39 is 17.1 Å². The van der Waals surface area contributed by atoms with Crippen LogP contribution in [0.3, 0.4) is 0 Å². The molecule has 5 aliphatic rings. The maximum atomic E-state index is 12.0. The second kappa shape index (κ2) is 5.84. The summed E-state index contributed by atoms with van der Waals surface area (Å²) in [4.78, 5) is 12.0. The molecular weight excluding hydrogens is 376 g/mol. The fourth-order valence-electron chi connectivity index (χ4n) is 7.51. The number of esters is 1. The lowest BCUT2D eigenvalue weighted by atomic mass is 9.41. The van der Waals surface area contributed by atoms with E-state index in [2.05, 4.69) is 6.92 Å². The van der Waals surface area contributed by atoms with Crippen LogP contribution in [0.5, 0.6) is 0 Å². The monoisotopic (exact) mass is 404 g/mol. The first-order chi connectivity index (χ1) is 13.9. The lowest BCUT2D eigenvalue weighted by Gasteiger charge is -2.67. The molecule has 0 aromatic carbocycles. The highest BCUT2D eigenvalue weighted by Crippen LogP contribution is 2.74. The third-order valence-corrected chi connectivity index (χ3v) is 8.80. The molecule has 2 spiro atoms. The summed E-state index contributed by atoms with van der Waals surface area (Å²) in [6.45, 7) is 4.56. The summed E-state index contributed by atoms with van der Waals surface area (Å²) in [7, 11) is 0. The van der Waals surface area contributed by atoms with Gasteiger partial charge < -0.3 is 28.5 Å². The van der Waals surface area contributed by atoms with Crippen LogP contribution in [0.2, 0.25) is 0 Å². The molecule has 5 fully saturated rings. The standard InChI is InChI=1S/C22H28O7/c1-12-7-18(28-13(2)23)21-10-26-19-20(12,8-15(29-19)14-5-6-25-9-14)16(21)3-4-17(24)22(21)11-27-22/h5-6,9,12,15-19,24H,3-4,7-8,10-11H2,1-2H3. The summed E-state index contributed by atoms with van der Waals surface area (Å²) in [6, 6.07) is 1.96. The minimum atomic E-state index is -0.679. The van der Waals surface area contributed by atoms with E-state index in [0.717, 1.165) is 24.8 Å². The first kappa shape index (κ1) is 18.4. The summed E-state index contributed by atoms with van der Waals surface area (Å²) in [5.41, 5.74) is -0.378. The molecule has 3 aliphatic heterocycles. The SMILES string of the molecule is CC(=O)OC1CC(C)C23CC(c4ccoc4)OC2OCC12C3CCC(O)C21CO1. The van der Waals surface area contributed by atoms with Gasteiger partial charge in [-0.2, -0.15) is 0 Å². The summed E-state index contributed by atoms with van der Waals surface area (Å²) in [5, 5.41) is 10.9. The third kappa shape index (κ3) is 2.10. The van der Waals surface area contributed by atoms with Crippen LogP contribution in [-0.4, -0.2) is 48.4 Å². The van der Waals surface area contributed by atoms with Gasteiger partial charge in [0.2, 0.25) is 0 Å². The predicted octanol–water partition coefficient (Wildman–Crippen LogP) is 2.58. The maximum Gasteiger partial charge on any atom is 0.302 e. The second-order valence-electron chi connectivity index (χ2n) is 9.74. The Hall–Kier alpha value is -1.41. The Morgan fingerprint density at radius 3 is 2.83 bits per heavy atom. The van der Waals surface area contributed by atoms with Gasteiger partial charge in [-0.1, -0.05) is 6.92 Å². The summed E-state index contributed by atoms with van der Waals surface area (Å²) < 4.78 is 30.1. The zero-order valence-corrected chi connectivity index (χ0v) is 16.8. The number of carbonyl (C=O) groups is 1. The van der Waals surface area contributed by atoms with Gasteiger partial charge in [-0.3, -0.25) is 4.79 Å². The van der Waals surface area contributed by atoms with Crippen LogP contribution in [-0.2, 0) is 23.7 Å². The van der Waals surface area contributed by atoms with Crippen molar-refractivity contribution in [2.24, 2.45) is 22.7 Å². The molecule has 29 heavy (non-hydrogen) atoms. The quantitative estimate of drug-likeness (QED) is 0.598. The topological polar surface area (TPSA) is 90.7 Å². The molecule has 2 bridgehead atoms. The Balaban J connectivity index is 1.47. The molecule has 0 amide bonds. The highest BCUT2D eigenvalue weighted by molar-refractivity contribution is 5.66. The Morgan fingerprint density at radius 2 is 2.14 bits per heavy atom. The van der Waals surface area contributed by atoms with E-state index in [1.165, 1.54) is 6.92 Å². The van der Waals surface area contributed by atoms with Crippen molar-refractivity contribution < 1.29 is 33.3 Å². The van der Waals surface area contributed by atoms with Gasteiger partial charge >= 0.3 is 5.97 Å². The second-order valence-corrected chi connectivity index (χ2v) is 9.74. The maximum absolute atomic E-state index is 12.0. The Kier molecular flexibility index (Phi) is 3.70. The van der Waals surface area contributed by atoms with E-state index in [9.17, 15) is 9.90 Å². The number of rotatable bonds is 2. The van der Waals surface area contributed by atoms with E-state index in [4.69, 9.17) is 23.4 Å². The first-order valence-electron chi connectivity index (χ1n) is 10.7. The van der Waals surface area contributed by atoms with E-state index >= 15 is 0 Å². The fraction of sp³-hybridized carbons (Fsp3) is 0.773. The molecule has 6 rings (SSSR count). The van der Waals surface area contributed by atoms with Crippen molar-refractivity contribution in [1.29, 1.82) is 0 Å². The van der Waals surface area contributed by atoms with Crippen LogP contribution in [0.1, 0.15) is 51.2 Å². The van der Waals surface area contributed by atoms with Crippen molar-refractivity contribution >= 4 is 5.97 Å². The van der Waals surface area contributed by atoms with Crippen molar-refractivity contribution in [3.8, 4) is 0 Å². The number of aliphatic hydroxyl groups excluding tert-OH is 1. The molecule has 9 atom stereocenters. The van der Waals surface area contributed by atoms with Crippen molar-refractivity contribution in [3.05, 3.63) is 24.2 Å². The largest absolute Gasteiger partial charge is 0.472 e. The third-order valence-electron chi connectivity index (χ3n) is 8.80. The predicted molar refractivity (Wildman–Crippen MR) is 98.5 cm³/mol. The van der Waals surface area contributed by atoms with Crippen LogP contribution < -0.4 is 0 Å². The molecule has 7 heteroatoms. The van der Waals surface area contributed by atoms with E-state index in [1.54, 1.807) is 12.5 Å². The summed E-state index contributed by atoms with van der Waals surface area (Å²) in [6.07, 6.45) is 5.27. The van der Waals surface area contributed by atoms with Gasteiger partial charge in [0.15, 0.2) is 6.29 Å². The van der Waals surface area contributed by atoms with Gasteiger partial charge in [0, 0.05) is 17.9 Å². The highest BCUT2D eigenvalue weighted by atomic mass is 16.7. The zero-order chi connectivity index (χ0) is 20.0. The van der Waals surface area contributed by atoms with Gasteiger partial charge in [-0.05, 0) is 43.6 Å². The van der Waals surface area contributed by atoms with Crippen LogP contribution in [0.25, 0.3) is 0 Å². The van der Waals surface area contributed by atoms with E-state index in [0.29, 0.717) is 19.6 Å². The van der Waals surface area contributed by atoms with Crippen molar-refractivity contribution in [1.82, 2.24) is 0 Å². The number of hydrogen-bond donors (Lipinski definition) is 1. The number of carbonyl (C=O) groups excluding carboxylic acids is 1. The molecule has 7 nitrogen and oxygen atoms in total. The van der Waals surface area contributed by atoms with Crippen molar-refractivity contribution in [3.63, 3.8) is 0 Å². The first-order valence-corrected chi connectivity index (χ1v) is 10.7. The molecule has 1 aromatic heterocycles. The van der Waals surface area contributed by atoms with Gasteiger partial charge in [-0.15, -0.1) is 0 Å². The Bertz CT molecular complexity index is 817. The number of furan rings is 1. The average Bonchev–Trinajstić information content (AvgIpc) is 3.13. The van der Waals surface area contributed by atoms with E-state index in [-0.39, 0.29) is 41.7 Å². The molecule has 158 valence electrons. The van der Waals surface area contributed by atoms with E-state index in [1.807, 2.05) is 6.07 Å². The highest BCUT2D eigenvalue weighted by Gasteiger charge is 2.82. The number of epoxide rings is 1. The van der Waals surface area contributed by atoms with Crippen molar-refractivity contribution in [2.75, 3.05) is 13.2 Å². The molecule has 2 saturated carbocycles. The van der Waals surface area contributed by atoms with Crippen LogP contribution in [0.4, 0.5) is 0 Å². The summed E-state index contributed by atoms with van der Waals surface area (Å²) in [5.74, 6) is 0.158. The van der Waals surface area contributed by atoms with Gasteiger partial charge in [0.1, 0.15) is 11.7 Å². The molecule has 9 unspecified atom stereocenters. The molecule has 4 heterocycles. The van der Waals surface area contributed by atoms with Gasteiger partial charge in [-0.25, -0.2) is 0 Å². The minimum absolute atomic E-state index is 0.0785. The zero-order valence-electron chi connectivity index (χ0n) is 16.8. The molecule has 3 saturated heterocycles. The summed E-state index contributed by atoms with van der Waals surface area (Å²) >= 11 is 0. The molecular formula is C22H28O7. The average molecular weight is 404 g/mol. The van der Waals surface area contributed by atoms with Crippen LogP contribution in [0.15, 0.2) is 23.0 Å². The molecule has 2 aliphatic carbocycles. The molecule has 1 aromatic rings. The Labute approximate surface area is 169 Å². The van der Waals surface area contributed by atoms with Crippen LogP contribution in [0, 0.1) is 22.7 Å². The smallest absolute Gasteiger partial charge is 0.302 e. The number of aliphatic hydroxyl groups is 1. The number of hydrogen-bond acceptors (Lipinski definition) is 7. The minimum Gasteiger partial charge on any atom is -0.472 e. The fourth-order valence-corrected chi connectivity index (χ4v) is 7.51. The van der Waals surface area contributed by atoms with Crippen LogP contribution >= 0.6 is 0 Å². The number of ether oxygens (including phenoxy) is 4. The Morgan fingerprint density at radius 1 is 1.31 bits per heavy atom. The normalized spacial score (nSPS) is 52.7. The van der Waals surface area contributed by atoms with Gasteiger partial charge in [0.25, 0.3) is 0 Å². The molecule has 1 N–H and O–H groups in total.